The minimum absolute atomic E-state index is 0.0561. The Morgan fingerprint density at radius 2 is 1.79 bits per heavy atom. The first kappa shape index (κ1) is 23.1. The van der Waals surface area contributed by atoms with E-state index in [1.54, 1.807) is 24.0 Å². The number of carbonyl (C=O) groups is 2. The van der Waals surface area contributed by atoms with Gasteiger partial charge in [0.25, 0.3) is 11.6 Å². The van der Waals surface area contributed by atoms with E-state index in [1.807, 2.05) is 35.2 Å². The lowest BCUT2D eigenvalue weighted by Crippen LogP contribution is -2.51. The minimum atomic E-state index is -0.483. The van der Waals surface area contributed by atoms with E-state index < -0.39 is 4.92 Å². The molecule has 11 heteroatoms. The van der Waals surface area contributed by atoms with Crippen molar-refractivity contribution in [1.82, 2.24) is 30.1 Å². The fourth-order valence-electron chi connectivity index (χ4n) is 3.82. The molecule has 1 saturated heterocycles. The first-order valence-corrected chi connectivity index (χ1v) is 10.9. The fraction of sp³-hybridized carbons (Fsp3) is 0.304. The molecule has 4 rings (SSSR count). The molecule has 3 aromatic rings. The Morgan fingerprint density at radius 3 is 2.50 bits per heavy atom. The van der Waals surface area contributed by atoms with Crippen LogP contribution in [-0.4, -0.2) is 74.3 Å². The first-order valence-electron chi connectivity index (χ1n) is 10.9. The standard InChI is InChI=1S/C23H25N7O4/c1-17-22(25-26-29(17)19-8-5-9-20(14-19)30(33)34)23(32)28-12-10-27(11-13-28)16-21(31)24-15-18-6-3-2-4-7-18/h2-9,14H,10-13,15-16H2,1H3,(H,24,31). The highest BCUT2D eigenvalue weighted by molar-refractivity contribution is 5.93. The van der Waals surface area contributed by atoms with E-state index in [1.165, 1.54) is 16.8 Å². The first-order chi connectivity index (χ1) is 16.4. The number of hydrogen-bond acceptors (Lipinski definition) is 7. The number of aromatic nitrogens is 3. The summed E-state index contributed by atoms with van der Waals surface area (Å²) in [6.45, 7) is 4.54. The van der Waals surface area contributed by atoms with Crippen molar-refractivity contribution in [1.29, 1.82) is 0 Å². The van der Waals surface area contributed by atoms with Crippen LogP contribution in [0.4, 0.5) is 5.69 Å². The largest absolute Gasteiger partial charge is 0.351 e. The van der Waals surface area contributed by atoms with Crippen LogP contribution in [-0.2, 0) is 11.3 Å². The summed E-state index contributed by atoms with van der Waals surface area (Å²) in [5.41, 5.74) is 2.15. The van der Waals surface area contributed by atoms with Crippen LogP contribution in [0, 0.1) is 17.0 Å². The quantitative estimate of drug-likeness (QED) is 0.416. The lowest BCUT2D eigenvalue weighted by atomic mass is 10.2. The average Bonchev–Trinajstić information content (AvgIpc) is 3.24. The van der Waals surface area contributed by atoms with Crippen molar-refractivity contribution < 1.29 is 14.5 Å². The van der Waals surface area contributed by atoms with E-state index >= 15 is 0 Å². The Morgan fingerprint density at radius 1 is 1.06 bits per heavy atom. The van der Waals surface area contributed by atoms with Crippen LogP contribution in [0.25, 0.3) is 5.69 Å². The van der Waals surface area contributed by atoms with Gasteiger partial charge in [-0.05, 0) is 18.6 Å². The van der Waals surface area contributed by atoms with Crippen LogP contribution in [0.3, 0.4) is 0 Å². The van der Waals surface area contributed by atoms with E-state index in [-0.39, 0.29) is 29.7 Å². The molecule has 2 amide bonds. The molecule has 2 aromatic carbocycles. The summed E-state index contributed by atoms with van der Waals surface area (Å²) in [6, 6.07) is 15.7. The molecule has 0 unspecified atom stereocenters. The molecule has 1 N–H and O–H groups in total. The van der Waals surface area contributed by atoms with Gasteiger partial charge in [-0.1, -0.05) is 41.6 Å². The summed E-state index contributed by atoms with van der Waals surface area (Å²) in [6.07, 6.45) is 0. The van der Waals surface area contributed by atoms with E-state index in [0.29, 0.717) is 44.1 Å². The summed E-state index contributed by atoms with van der Waals surface area (Å²) < 4.78 is 1.42. The molecule has 0 atom stereocenters. The second-order valence-corrected chi connectivity index (χ2v) is 8.04. The van der Waals surface area contributed by atoms with Gasteiger partial charge in [-0.2, -0.15) is 0 Å². The molecule has 34 heavy (non-hydrogen) atoms. The number of benzene rings is 2. The molecular weight excluding hydrogens is 438 g/mol. The molecule has 0 radical (unpaired) electrons. The molecule has 0 spiro atoms. The van der Waals surface area contributed by atoms with Gasteiger partial charge < -0.3 is 10.2 Å². The Bertz CT molecular complexity index is 1190. The van der Waals surface area contributed by atoms with Gasteiger partial charge in [0.05, 0.1) is 22.8 Å². The third-order valence-electron chi connectivity index (χ3n) is 5.74. The van der Waals surface area contributed by atoms with E-state index in [9.17, 15) is 19.7 Å². The molecule has 1 aliphatic rings. The summed E-state index contributed by atoms with van der Waals surface area (Å²) in [4.78, 5) is 39.6. The van der Waals surface area contributed by atoms with Crippen molar-refractivity contribution in [3.8, 4) is 5.69 Å². The highest BCUT2D eigenvalue weighted by Crippen LogP contribution is 2.19. The van der Waals surface area contributed by atoms with Crippen LogP contribution in [0.1, 0.15) is 21.7 Å². The number of non-ortho nitro benzene ring substituents is 1. The second kappa shape index (κ2) is 10.2. The number of piperazine rings is 1. The number of carbonyl (C=O) groups excluding carboxylic acids is 2. The van der Waals surface area contributed by atoms with E-state index in [2.05, 4.69) is 15.6 Å². The number of nitro benzene ring substituents is 1. The fourth-order valence-corrected chi connectivity index (χ4v) is 3.82. The van der Waals surface area contributed by atoms with Crippen LogP contribution in [0.2, 0.25) is 0 Å². The number of rotatable bonds is 7. The summed E-state index contributed by atoms with van der Waals surface area (Å²) in [5.74, 6) is -0.304. The van der Waals surface area contributed by atoms with Crippen molar-refractivity contribution in [2.75, 3.05) is 32.7 Å². The van der Waals surface area contributed by atoms with E-state index in [0.717, 1.165) is 5.56 Å². The van der Waals surface area contributed by atoms with Crippen molar-refractivity contribution in [2.45, 2.75) is 13.5 Å². The van der Waals surface area contributed by atoms with Gasteiger partial charge >= 0.3 is 0 Å². The molecular formula is C23H25N7O4. The van der Waals surface area contributed by atoms with E-state index in [4.69, 9.17) is 0 Å². The Kier molecular flexibility index (Phi) is 6.93. The zero-order valence-electron chi connectivity index (χ0n) is 18.8. The maximum Gasteiger partial charge on any atom is 0.276 e. The van der Waals surface area contributed by atoms with Crippen molar-refractivity contribution in [3.63, 3.8) is 0 Å². The normalized spacial score (nSPS) is 14.1. The predicted molar refractivity (Wildman–Crippen MR) is 123 cm³/mol. The van der Waals surface area contributed by atoms with Crippen molar-refractivity contribution in [3.05, 3.63) is 81.7 Å². The molecule has 2 heterocycles. The maximum absolute atomic E-state index is 13.0. The van der Waals surface area contributed by atoms with Crippen molar-refractivity contribution in [2.24, 2.45) is 0 Å². The number of hydrogen-bond donors (Lipinski definition) is 1. The predicted octanol–water partition coefficient (Wildman–Crippen LogP) is 1.56. The summed E-state index contributed by atoms with van der Waals surface area (Å²) in [5, 5.41) is 22.0. The number of nitrogens with one attached hydrogen (secondary N) is 1. The van der Waals surface area contributed by atoms with Crippen LogP contribution in [0.15, 0.2) is 54.6 Å². The van der Waals surface area contributed by atoms with Crippen LogP contribution >= 0.6 is 0 Å². The molecule has 1 aromatic heterocycles. The van der Waals surface area contributed by atoms with Gasteiger partial charge in [-0.15, -0.1) is 5.10 Å². The van der Waals surface area contributed by atoms with Crippen LogP contribution in [0.5, 0.6) is 0 Å². The number of amides is 2. The second-order valence-electron chi connectivity index (χ2n) is 8.04. The monoisotopic (exact) mass is 463 g/mol. The Labute approximate surface area is 196 Å². The molecule has 11 nitrogen and oxygen atoms in total. The molecule has 0 saturated carbocycles. The smallest absolute Gasteiger partial charge is 0.276 e. The van der Waals surface area contributed by atoms with Crippen LogP contribution < -0.4 is 5.32 Å². The molecule has 1 fully saturated rings. The van der Waals surface area contributed by atoms with Gasteiger partial charge in [0.1, 0.15) is 0 Å². The van der Waals surface area contributed by atoms with Gasteiger partial charge in [0.2, 0.25) is 5.91 Å². The summed E-state index contributed by atoms with van der Waals surface area (Å²) >= 11 is 0. The van der Waals surface area contributed by atoms with Crippen molar-refractivity contribution >= 4 is 17.5 Å². The van der Waals surface area contributed by atoms with Gasteiger partial charge in [0, 0.05) is 44.9 Å². The third-order valence-corrected chi connectivity index (χ3v) is 5.74. The summed E-state index contributed by atoms with van der Waals surface area (Å²) in [7, 11) is 0. The Balaban J connectivity index is 1.32. The van der Waals surface area contributed by atoms with Gasteiger partial charge in [-0.25, -0.2) is 4.68 Å². The van der Waals surface area contributed by atoms with Gasteiger partial charge in [0.15, 0.2) is 5.69 Å². The number of nitro groups is 1. The number of nitrogens with zero attached hydrogens (tertiary/aromatic N) is 6. The third kappa shape index (κ3) is 5.26. The zero-order chi connectivity index (χ0) is 24.1. The minimum Gasteiger partial charge on any atom is -0.351 e. The average molecular weight is 463 g/mol. The zero-order valence-corrected chi connectivity index (χ0v) is 18.8. The molecule has 0 bridgehead atoms. The highest BCUT2D eigenvalue weighted by Gasteiger charge is 2.27. The Hall–Kier alpha value is -4.12. The molecule has 1 aliphatic heterocycles. The SMILES string of the molecule is Cc1c(C(=O)N2CCN(CC(=O)NCc3ccccc3)CC2)nnn1-c1cccc([N+](=O)[O-])c1. The highest BCUT2D eigenvalue weighted by atomic mass is 16.6. The topological polar surface area (TPSA) is 127 Å². The molecule has 0 aliphatic carbocycles. The maximum atomic E-state index is 13.0. The lowest BCUT2D eigenvalue weighted by Gasteiger charge is -2.34. The van der Waals surface area contributed by atoms with Gasteiger partial charge in [-0.3, -0.25) is 24.6 Å². The molecule has 176 valence electrons. The lowest BCUT2D eigenvalue weighted by molar-refractivity contribution is -0.384.